The van der Waals surface area contributed by atoms with Crippen molar-refractivity contribution in [2.75, 3.05) is 16.6 Å². The van der Waals surface area contributed by atoms with Gasteiger partial charge in [-0.3, -0.25) is 4.31 Å². The first-order valence-corrected chi connectivity index (χ1v) is 8.01. The molecule has 0 bridgehead atoms. The van der Waals surface area contributed by atoms with E-state index >= 15 is 0 Å². The normalized spacial score (nSPS) is 14.3. The van der Waals surface area contributed by atoms with Gasteiger partial charge in [-0.05, 0) is 54.8 Å². The molecule has 0 radical (unpaired) electrons. The summed E-state index contributed by atoms with van der Waals surface area (Å²) in [6, 6.07) is 8.95. The van der Waals surface area contributed by atoms with Gasteiger partial charge in [-0.1, -0.05) is 6.07 Å². The molecule has 6 heteroatoms. The van der Waals surface area contributed by atoms with Crippen LogP contribution in [-0.4, -0.2) is 15.0 Å². The van der Waals surface area contributed by atoms with Crippen molar-refractivity contribution in [1.29, 1.82) is 0 Å². The second kappa shape index (κ2) is 4.73. The minimum atomic E-state index is -3.77. The monoisotopic (exact) mass is 306 g/mol. The molecule has 3 rings (SSSR count). The van der Waals surface area contributed by atoms with Crippen LogP contribution < -0.4 is 10.0 Å². The van der Waals surface area contributed by atoms with Crippen LogP contribution in [0.15, 0.2) is 41.3 Å². The molecule has 0 saturated carbocycles. The first-order chi connectivity index (χ1) is 9.89. The molecule has 1 heterocycles. The van der Waals surface area contributed by atoms with E-state index in [1.807, 2.05) is 0 Å². The Morgan fingerprint density at radius 2 is 1.95 bits per heavy atom. The second-order valence-corrected chi connectivity index (χ2v) is 6.96. The maximum atomic E-state index is 13.4. The zero-order chi connectivity index (χ0) is 15.2. The molecule has 2 aromatic rings. The van der Waals surface area contributed by atoms with Gasteiger partial charge >= 0.3 is 0 Å². The molecule has 0 atom stereocenters. The first-order valence-electron chi connectivity index (χ1n) is 6.57. The van der Waals surface area contributed by atoms with Crippen LogP contribution in [0.1, 0.15) is 11.1 Å². The van der Waals surface area contributed by atoms with E-state index in [9.17, 15) is 12.8 Å². The fourth-order valence-electron chi connectivity index (χ4n) is 2.61. The SMILES string of the molecule is Cc1ccc(F)cc1S(=O)(=O)N1CCc2cc(N)ccc21. The van der Waals surface area contributed by atoms with Crippen LogP contribution in [0.5, 0.6) is 0 Å². The van der Waals surface area contributed by atoms with Crippen molar-refractivity contribution in [2.24, 2.45) is 0 Å². The molecule has 0 amide bonds. The van der Waals surface area contributed by atoms with Crippen molar-refractivity contribution >= 4 is 21.4 Å². The van der Waals surface area contributed by atoms with Gasteiger partial charge in [0, 0.05) is 12.2 Å². The highest BCUT2D eigenvalue weighted by atomic mass is 32.2. The molecule has 0 aromatic heterocycles. The van der Waals surface area contributed by atoms with Gasteiger partial charge in [0.25, 0.3) is 10.0 Å². The van der Waals surface area contributed by atoms with E-state index in [1.165, 1.54) is 16.4 Å². The van der Waals surface area contributed by atoms with E-state index in [0.717, 1.165) is 11.6 Å². The average Bonchev–Trinajstić information content (AvgIpc) is 2.84. The number of hydrogen-bond donors (Lipinski definition) is 1. The van der Waals surface area contributed by atoms with Gasteiger partial charge in [-0.2, -0.15) is 0 Å². The molecule has 4 nitrogen and oxygen atoms in total. The highest BCUT2D eigenvalue weighted by molar-refractivity contribution is 7.93. The number of benzene rings is 2. The minimum absolute atomic E-state index is 0.00664. The van der Waals surface area contributed by atoms with Crippen molar-refractivity contribution in [2.45, 2.75) is 18.2 Å². The van der Waals surface area contributed by atoms with Crippen LogP contribution in [0.3, 0.4) is 0 Å². The van der Waals surface area contributed by atoms with Gasteiger partial charge in [0.1, 0.15) is 5.82 Å². The molecule has 0 fully saturated rings. The molecule has 1 aliphatic heterocycles. The van der Waals surface area contributed by atoms with Crippen LogP contribution >= 0.6 is 0 Å². The van der Waals surface area contributed by atoms with Crippen LogP contribution in [0, 0.1) is 12.7 Å². The topological polar surface area (TPSA) is 63.4 Å². The zero-order valence-electron chi connectivity index (χ0n) is 11.5. The Balaban J connectivity index is 2.11. The Morgan fingerprint density at radius 1 is 1.19 bits per heavy atom. The molecular formula is C15H15FN2O2S. The van der Waals surface area contributed by atoms with E-state index < -0.39 is 15.8 Å². The maximum Gasteiger partial charge on any atom is 0.264 e. The largest absolute Gasteiger partial charge is 0.399 e. The van der Waals surface area contributed by atoms with Gasteiger partial charge in [0.15, 0.2) is 0 Å². The van der Waals surface area contributed by atoms with E-state index in [4.69, 9.17) is 5.73 Å². The molecule has 110 valence electrons. The van der Waals surface area contributed by atoms with E-state index in [0.29, 0.717) is 29.9 Å². The number of nitrogens with two attached hydrogens (primary N) is 1. The average molecular weight is 306 g/mol. The lowest BCUT2D eigenvalue weighted by Gasteiger charge is -2.20. The molecule has 1 aliphatic rings. The third-order valence-corrected chi connectivity index (χ3v) is 5.63. The Morgan fingerprint density at radius 3 is 2.71 bits per heavy atom. The molecular weight excluding hydrogens is 291 g/mol. The van der Waals surface area contributed by atoms with Crippen molar-refractivity contribution in [3.8, 4) is 0 Å². The number of nitrogen functional groups attached to an aromatic ring is 1. The molecule has 0 aliphatic carbocycles. The predicted octanol–water partition coefficient (Wildman–Crippen LogP) is 2.47. The lowest BCUT2D eigenvalue weighted by molar-refractivity contribution is 0.586. The van der Waals surface area contributed by atoms with Crippen molar-refractivity contribution in [1.82, 2.24) is 0 Å². The number of halogens is 1. The Kier molecular flexibility index (Phi) is 3.13. The first kappa shape index (κ1) is 13.9. The fraction of sp³-hybridized carbons (Fsp3) is 0.200. The number of aryl methyl sites for hydroxylation is 1. The number of fused-ring (bicyclic) bond motifs is 1. The predicted molar refractivity (Wildman–Crippen MR) is 80.2 cm³/mol. The van der Waals surface area contributed by atoms with Gasteiger partial charge < -0.3 is 5.73 Å². The molecule has 0 spiro atoms. The number of rotatable bonds is 2. The minimum Gasteiger partial charge on any atom is -0.399 e. The van der Waals surface area contributed by atoms with Crippen molar-refractivity contribution < 1.29 is 12.8 Å². The van der Waals surface area contributed by atoms with Gasteiger partial charge in [0.2, 0.25) is 0 Å². The molecule has 0 saturated heterocycles. The Bertz CT molecular complexity index is 818. The van der Waals surface area contributed by atoms with Crippen molar-refractivity contribution in [3.63, 3.8) is 0 Å². The number of hydrogen-bond acceptors (Lipinski definition) is 3. The number of anilines is 2. The van der Waals surface area contributed by atoms with E-state index in [2.05, 4.69) is 0 Å². The standard InChI is InChI=1S/C15H15FN2O2S/c1-10-2-3-12(16)9-15(10)21(19,20)18-7-6-11-8-13(17)4-5-14(11)18/h2-5,8-9H,6-7,17H2,1H3. The van der Waals surface area contributed by atoms with Gasteiger partial charge in [0.05, 0.1) is 10.6 Å². The van der Waals surface area contributed by atoms with Crippen LogP contribution in [-0.2, 0) is 16.4 Å². The third-order valence-electron chi connectivity index (χ3n) is 3.67. The van der Waals surface area contributed by atoms with Crippen LogP contribution in [0.4, 0.5) is 15.8 Å². The lowest BCUT2D eigenvalue weighted by atomic mass is 10.1. The summed E-state index contributed by atoms with van der Waals surface area (Å²) in [6.45, 7) is 2.00. The smallest absolute Gasteiger partial charge is 0.264 e. The Labute approximate surface area is 123 Å². The van der Waals surface area contributed by atoms with Crippen LogP contribution in [0.25, 0.3) is 0 Å². The van der Waals surface area contributed by atoms with Gasteiger partial charge in [-0.25, -0.2) is 12.8 Å². The number of sulfonamides is 1. The quantitative estimate of drug-likeness (QED) is 0.867. The van der Waals surface area contributed by atoms with Gasteiger partial charge in [-0.15, -0.1) is 0 Å². The van der Waals surface area contributed by atoms with Crippen molar-refractivity contribution in [3.05, 3.63) is 53.3 Å². The zero-order valence-corrected chi connectivity index (χ0v) is 12.3. The van der Waals surface area contributed by atoms with Crippen LogP contribution in [0.2, 0.25) is 0 Å². The van der Waals surface area contributed by atoms with E-state index in [-0.39, 0.29) is 4.90 Å². The highest BCUT2D eigenvalue weighted by Gasteiger charge is 2.32. The third kappa shape index (κ3) is 2.25. The molecule has 21 heavy (non-hydrogen) atoms. The summed E-state index contributed by atoms with van der Waals surface area (Å²) in [5, 5.41) is 0. The lowest BCUT2D eigenvalue weighted by Crippen LogP contribution is -2.29. The number of nitrogens with zero attached hydrogens (tertiary/aromatic N) is 1. The summed E-state index contributed by atoms with van der Waals surface area (Å²) < 4.78 is 40.3. The maximum absolute atomic E-state index is 13.4. The summed E-state index contributed by atoms with van der Waals surface area (Å²) in [6.07, 6.45) is 0.605. The molecule has 2 N–H and O–H groups in total. The van der Waals surface area contributed by atoms with E-state index in [1.54, 1.807) is 25.1 Å². The fourth-order valence-corrected chi connectivity index (χ4v) is 4.35. The summed E-state index contributed by atoms with van der Waals surface area (Å²) in [7, 11) is -3.77. The second-order valence-electron chi connectivity index (χ2n) is 5.13. The highest BCUT2D eigenvalue weighted by Crippen LogP contribution is 2.34. The summed E-state index contributed by atoms with van der Waals surface area (Å²) in [5.41, 5.74) is 8.37. The summed E-state index contributed by atoms with van der Waals surface area (Å²) in [5.74, 6) is -0.559. The summed E-state index contributed by atoms with van der Waals surface area (Å²) in [4.78, 5) is 0.00664. The molecule has 0 unspecified atom stereocenters. The molecule has 2 aromatic carbocycles. The summed E-state index contributed by atoms with van der Waals surface area (Å²) >= 11 is 0. The Hall–Kier alpha value is -2.08.